The van der Waals surface area contributed by atoms with Crippen LogP contribution in [0.25, 0.3) is 22.3 Å². The van der Waals surface area contributed by atoms with E-state index in [-0.39, 0.29) is 6.04 Å². The van der Waals surface area contributed by atoms with Crippen LogP contribution in [0.1, 0.15) is 37.1 Å². The van der Waals surface area contributed by atoms with Crippen LogP contribution in [-0.4, -0.2) is 29.3 Å². The fraction of sp³-hybridized carbons (Fsp3) is 0.286. The SMILES string of the molecule is CC(c1cn(CC2CC2)cn1)n1nc(-c2cccc(C#N)c2)c2c(N)ncnc21. The zero-order chi connectivity index (χ0) is 20.0. The molecule has 0 bridgehead atoms. The lowest BCUT2D eigenvalue weighted by molar-refractivity contribution is 0.566. The molecule has 1 atom stereocenters. The molecule has 144 valence electrons. The maximum Gasteiger partial charge on any atom is 0.164 e. The number of nitriles is 1. The van der Waals surface area contributed by atoms with Crippen LogP contribution >= 0.6 is 0 Å². The number of nitrogen functional groups attached to an aromatic ring is 1. The normalized spacial score (nSPS) is 14.8. The van der Waals surface area contributed by atoms with Crippen molar-refractivity contribution in [3.63, 3.8) is 0 Å². The summed E-state index contributed by atoms with van der Waals surface area (Å²) in [6, 6.07) is 9.35. The first-order chi connectivity index (χ1) is 14.1. The van der Waals surface area contributed by atoms with E-state index in [2.05, 4.69) is 31.8 Å². The maximum absolute atomic E-state index is 9.25. The van der Waals surface area contributed by atoms with E-state index in [1.165, 1.54) is 19.2 Å². The third kappa shape index (κ3) is 3.10. The van der Waals surface area contributed by atoms with Gasteiger partial charge in [-0.1, -0.05) is 12.1 Å². The number of hydrogen-bond acceptors (Lipinski definition) is 6. The smallest absolute Gasteiger partial charge is 0.164 e. The van der Waals surface area contributed by atoms with Gasteiger partial charge in [-0.3, -0.25) is 0 Å². The van der Waals surface area contributed by atoms with Crippen LogP contribution in [0.2, 0.25) is 0 Å². The number of anilines is 1. The van der Waals surface area contributed by atoms with Crippen molar-refractivity contribution in [2.24, 2.45) is 5.92 Å². The first kappa shape index (κ1) is 17.4. The van der Waals surface area contributed by atoms with Gasteiger partial charge < -0.3 is 10.3 Å². The zero-order valence-corrected chi connectivity index (χ0v) is 16.0. The van der Waals surface area contributed by atoms with Crippen LogP contribution in [0.4, 0.5) is 5.82 Å². The zero-order valence-electron chi connectivity index (χ0n) is 16.0. The molecule has 1 aliphatic carbocycles. The second kappa shape index (κ2) is 6.71. The molecular weight excluding hydrogens is 364 g/mol. The standard InChI is InChI=1S/C21H20N8/c1-13(17-10-28(12-26-17)9-14-5-6-14)29-21-18(20(23)24-11-25-21)19(27-29)16-4-2-3-15(7-16)8-22/h2-4,7,10-14H,5-6,9H2,1H3,(H2,23,24,25). The van der Waals surface area contributed by atoms with Crippen LogP contribution in [-0.2, 0) is 6.54 Å². The van der Waals surface area contributed by atoms with E-state index in [1.807, 2.05) is 30.1 Å². The molecule has 4 aromatic rings. The molecule has 29 heavy (non-hydrogen) atoms. The summed E-state index contributed by atoms with van der Waals surface area (Å²) in [7, 11) is 0. The quantitative estimate of drug-likeness (QED) is 0.566. The summed E-state index contributed by atoms with van der Waals surface area (Å²) in [6.07, 6.45) is 8.01. The monoisotopic (exact) mass is 384 g/mol. The molecule has 2 N–H and O–H groups in total. The predicted octanol–water partition coefficient (Wildman–Crippen LogP) is 3.16. The average molecular weight is 384 g/mol. The lowest BCUT2D eigenvalue weighted by Gasteiger charge is -2.10. The van der Waals surface area contributed by atoms with E-state index in [9.17, 15) is 5.26 Å². The maximum atomic E-state index is 9.25. The Hall–Kier alpha value is -3.73. The van der Waals surface area contributed by atoms with E-state index < -0.39 is 0 Å². The number of nitrogens with two attached hydrogens (primary N) is 1. The molecule has 1 unspecified atom stereocenters. The molecule has 0 radical (unpaired) electrons. The molecule has 3 heterocycles. The summed E-state index contributed by atoms with van der Waals surface area (Å²) < 4.78 is 3.99. The Morgan fingerprint density at radius 1 is 1.28 bits per heavy atom. The predicted molar refractivity (Wildman–Crippen MR) is 109 cm³/mol. The van der Waals surface area contributed by atoms with Crippen LogP contribution in [0.3, 0.4) is 0 Å². The number of aromatic nitrogens is 6. The van der Waals surface area contributed by atoms with Gasteiger partial charge in [0.1, 0.15) is 17.8 Å². The molecule has 1 fully saturated rings. The van der Waals surface area contributed by atoms with Crippen molar-refractivity contribution in [3.8, 4) is 17.3 Å². The average Bonchev–Trinajstić information content (AvgIpc) is 3.27. The first-order valence-electron chi connectivity index (χ1n) is 9.65. The molecular formula is C21H20N8. The van der Waals surface area contributed by atoms with Gasteiger partial charge in [0.25, 0.3) is 0 Å². The van der Waals surface area contributed by atoms with Gasteiger partial charge in [0, 0.05) is 18.3 Å². The Morgan fingerprint density at radius 2 is 2.14 bits per heavy atom. The molecule has 1 aliphatic rings. The van der Waals surface area contributed by atoms with Gasteiger partial charge in [0.15, 0.2) is 5.65 Å². The molecule has 5 rings (SSSR count). The lowest BCUT2D eigenvalue weighted by Crippen LogP contribution is -2.10. The van der Waals surface area contributed by atoms with Crippen molar-refractivity contribution in [1.82, 2.24) is 29.3 Å². The van der Waals surface area contributed by atoms with Crippen molar-refractivity contribution in [2.45, 2.75) is 32.4 Å². The summed E-state index contributed by atoms with van der Waals surface area (Å²) in [5, 5.41) is 14.8. The second-order valence-corrected chi connectivity index (χ2v) is 7.56. The summed E-state index contributed by atoms with van der Waals surface area (Å²) in [5.74, 6) is 1.15. The third-order valence-electron chi connectivity index (χ3n) is 5.40. The number of nitrogens with zero attached hydrogens (tertiary/aromatic N) is 7. The summed E-state index contributed by atoms with van der Waals surface area (Å²) in [4.78, 5) is 13.2. The van der Waals surface area contributed by atoms with E-state index in [4.69, 9.17) is 10.8 Å². The van der Waals surface area contributed by atoms with Gasteiger partial charge in [-0.15, -0.1) is 0 Å². The fourth-order valence-electron chi connectivity index (χ4n) is 3.62. The van der Waals surface area contributed by atoms with Gasteiger partial charge in [0.2, 0.25) is 0 Å². The van der Waals surface area contributed by atoms with Gasteiger partial charge in [-0.05, 0) is 37.8 Å². The highest BCUT2D eigenvalue weighted by Gasteiger charge is 2.24. The minimum atomic E-state index is -0.125. The molecule has 0 amide bonds. The molecule has 1 saturated carbocycles. The summed E-state index contributed by atoms with van der Waals surface area (Å²) >= 11 is 0. The number of fused-ring (bicyclic) bond motifs is 1. The van der Waals surface area contributed by atoms with Crippen LogP contribution in [0.15, 0.2) is 43.1 Å². The lowest BCUT2D eigenvalue weighted by atomic mass is 10.1. The third-order valence-corrected chi connectivity index (χ3v) is 5.40. The van der Waals surface area contributed by atoms with E-state index in [0.29, 0.717) is 28.1 Å². The molecule has 8 nitrogen and oxygen atoms in total. The van der Waals surface area contributed by atoms with Crippen molar-refractivity contribution in [2.75, 3.05) is 5.73 Å². The Kier molecular flexibility index (Phi) is 4.02. The number of benzene rings is 1. The number of rotatable bonds is 5. The summed E-state index contributed by atoms with van der Waals surface area (Å²) in [5.41, 5.74) is 9.80. The Morgan fingerprint density at radius 3 is 2.93 bits per heavy atom. The van der Waals surface area contributed by atoms with Crippen molar-refractivity contribution in [1.29, 1.82) is 5.26 Å². The Balaban J connectivity index is 1.61. The van der Waals surface area contributed by atoms with Crippen molar-refractivity contribution < 1.29 is 0 Å². The Labute approximate surface area is 167 Å². The van der Waals surface area contributed by atoms with Gasteiger partial charge in [0.05, 0.1) is 35.1 Å². The molecule has 0 spiro atoms. The number of imidazole rings is 1. The second-order valence-electron chi connectivity index (χ2n) is 7.56. The minimum Gasteiger partial charge on any atom is -0.383 e. The largest absolute Gasteiger partial charge is 0.383 e. The van der Waals surface area contributed by atoms with Crippen LogP contribution < -0.4 is 5.73 Å². The summed E-state index contributed by atoms with van der Waals surface area (Å²) in [6.45, 7) is 3.06. The minimum absolute atomic E-state index is 0.125. The highest BCUT2D eigenvalue weighted by molar-refractivity contribution is 5.98. The molecule has 0 saturated heterocycles. The van der Waals surface area contributed by atoms with Crippen molar-refractivity contribution >= 4 is 16.9 Å². The Bertz CT molecular complexity index is 1240. The first-order valence-corrected chi connectivity index (χ1v) is 9.65. The highest BCUT2D eigenvalue weighted by atomic mass is 15.3. The van der Waals surface area contributed by atoms with Gasteiger partial charge in [-0.25, -0.2) is 19.6 Å². The number of hydrogen-bond donors (Lipinski definition) is 1. The van der Waals surface area contributed by atoms with E-state index in [1.54, 1.807) is 12.1 Å². The molecule has 0 aliphatic heterocycles. The molecule has 1 aromatic carbocycles. The fourth-order valence-corrected chi connectivity index (χ4v) is 3.62. The van der Waals surface area contributed by atoms with Crippen LogP contribution in [0.5, 0.6) is 0 Å². The van der Waals surface area contributed by atoms with Crippen LogP contribution in [0, 0.1) is 17.2 Å². The van der Waals surface area contributed by atoms with Gasteiger partial charge in [-0.2, -0.15) is 10.4 Å². The van der Waals surface area contributed by atoms with Crippen molar-refractivity contribution in [3.05, 3.63) is 54.4 Å². The van der Waals surface area contributed by atoms with Gasteiger partial charge >= 0.3 is 0 Å². The van der Waals surface area contributed by atoms with E-state index >= 15 is 0 Å². The van der Waals surface area contributed by atoms with E-state index in [0.717, 1.165) is 23.7 Å². The topological polar surface area (TPSA) is 111 Å². The highest BCUT2D eigenvalue weighted by Crippen LogP contribution is 2.34. The molecule has 8 heteroatoms. The molecule has 3 aromatic heterocycles.